The molecule has 0 aromatic carbocycles. The molecule has 0 aliphatic carbocycles. The van der Waals surface area contributed by atoms with E-state index in [-0.39, 0.29) is 29.0 Å². The van der Waals surface area contributed by atoms with Gasteiger partial charge in [0.25, 0.3) is 0 Å². The highest BCUT2D eigenvalue weighted by atomic mass is 35.5. The van der Waals surface area contributed by atoms with Crippen LogP contribution in [0.15, 0.2) is 12.3 Å². The largest absolute Gasteiger partial charge is 0.355 e. The Bertz CT molecular complexity index is 517. The van der Waals surface area contributed by atoms with Crippen molar-refractivity contribution in [3.8, 4) is 0 Å². The van der Waals surface area contributed by atoms with Crippen molar-refractivity contribution < 1.29 is 9.72 Å². The zero-order valence-electron chi connectivity index (χ0n) is 10.8. The van der Waals surface area contributed by atoms with E-state index >= 15 is 0 Å². The first-order chi connectivity index (χ1) is 9.58. The quantitative estimate of drug-likeness (QED) is 0.679. The number of nitro groups is 1. The average molecular weight is 299 g/mol. The van der Waals surface area contributed by atoms with Crippen LogP contribution in [-0.4, -0.2) is 40.3 Å². The summed E-state index contributed by atoms with van der Waals surface area (Å²) in [5.74, 6) is -0.0134. The molecule has 1 aromatic rings. The van der Waals surface area contributed by atoms with E-state index in [9.17, 15) is 14.9 Å². The van der Waals surface area contributed by atoms with Crippen LogP contribution in [-0.2, 0) is 4.79 Å². The Labute approximate surface area is 121 Å². The topological polar surface area (TPSA) is 88.4 Å². The molecule has 1 amide bonds. The molecule has 0 atom stereocenters. The molecule has 2 heterocycles. The van der Waals surface area contributed by atoms with Gasteiger partial charge in [0.05, 0.1) is 16.5 Å². The maximum absolute atomic E-state index is 12.0. The monoisotopic (exact) mass is 298 g/mol. The number of pyridine rings is 1. The summed E-state index contributed by atoms with van der Waals surface area (Å²) in [5.41, 5.74) is -0.232. The van der Waals surface area contributed by atoms with Gasteiger partial charge in [0.2, 0.25) is 11.7 Å². The second-order valence-electron chi connectivity index (χ2n) is 4.57. The Hall–Kier alpha value is -1.89. The van der Waals surface area contributed by atoms with Gasteiger partial charge in [0.1, 0.15) is 0 Å². The molecule has 1 saturated heterocycles. The summed E-state index contributed by atoms with van der Waals surface area (Å²) < 4.78 is 0. The molecule has 0 saturated carbocycles. The number of piperidine rings is 1. The fourth-order valence-corrected chi connectivity index (χ4v) is 2.27. The van der Waals surface area contributed by atoms with Crippen molar-refractivity contribution in [2.24, 2.45) is 0 Å². The van der Waals surface area contributed by atoms with Crippen LogP contribution in [0, 0.1) is 10.1 Å². The van der Waals surface area contributed by atoms with Gasteiger partial charge in [-0.3, -0.25) is 14.9 Å². The second kappa shape index (κ2) is 6.51. The molecule has 2 rings (SSSR count). The number of halogens is 1. The fraction of sp³-hybridized carbons (Fsp3) is 0.500. The number of rotatable bonds is 4. The van der Waals surface area contributed by atoms with Gasteiger partial charge < -0.3 is 10.2 Å². The van der Waals surface area contributed by atoms with Gasteiger partial charge in [-0.05, 0) is 19.3 Å². The van der Waals surface area contributed by atoms with Crippen LogP contribution in [0.4, 0.5) is 11.5 Å². The molecule has 1 fully saturated rings. The number of anilines is 1. The van der Waals surface area contributed by atoms with Crippen molar-refractivity contribution >= 4 is 29.0 Å². The minimum absolute atomic E-state index is 0.00449. The van der Waals surface area contributed by atoms with E-state index in [4.69, 9.17) is 11.6 Å². The van der Waals surface area contributed by atoms with E-state index in [2.05, 4.69) is 10.3 Å². The number of nitrogens with one attached hydrogen (secondary N) is 1. The summed E-state index contributed by atoms with van der Waals surface area (Å²) in [6, 6.07) is 1.21. The zero-order chi connectivity index (χ0) is 14.5. The molecule has 1 aromatic heterocycles. The summed E-state index contributed by atoms with van der Waals surface area (Å²) in [6.07, 6.45) is 4.46. The third-order valence-corrected chi connectivity index (χ3v) is 3.35. The molecule has 1 aliphatic heterocycles. The molecule has 108 valence electrons. The van der Waals surface area contributed by atoms with Gasteiger partial charge in [-0.25, -0.2) is 4.98 Å². The molecule has 0 radical (unpaired) electrons. The number of amides is 1. The van der Waals surface area contributed by atoms with E-state index in [1.165, 1.54) is 12.3 Å². The predicted octanol–water partition coefficient (Wildman–Crippen LogP) is 2.07. The summed E-state index contributed by atoms with van der Waals surface area (Å²) in [7, 11) is 0. The number of carbonyl (C=O) groups is 1. The molecule has 0 unspecified atom stereocenters. The molecule has 0 spiro atoms. The Balaban J connectivity index is 1.99. The fourth-order valence-electron chi connectivity index (χ4n) is 2.12. The molecule has 7 nitrogen and oxygen atoms in total. The van der Waals surface area contributed by atoms with Crippen LogP contribution < -0.4 is 5.32 Å². The van der Waals surface area contributed by atoms with Crippen LogP contribution in [0.2, 0.25) is 5.02 Å². The number of carbonyl (C=O) groups excluding carboxylic acids is 1. The summed E-state index contributed by atoms with van der Waals surface area (Å²) in [4.78, 5) is 27.9. The number of hydrogen-bond acceptors (Lipinski definition) is 5. The highest BCUT2D eigenvalue weighted by molar-refractivity contribution is 6.30. The van der Waals surface area contributed by atoms with Gasteiger partial charge in [-0.15, -0.1) is 0 Å². The van der Waals surface area contributed by atoms with Crippen molar-refractivity contribution in [1.82, 2.24) is 9.88 Å². The lowest BCUT2D eigenvalue weighted by atomic mass is 10.1. The van der Waals surface area contributed by atoms with Crippen molar-refractivity contribution in [1.29, 1.82) is 0 Å². The third kappa shape index (κ3) is 3.57. The highest BCUT2D eigenvalue weighted by Crippen LogP contribution is 2.24. The number of aromatic nitrogens is 1. The molecule has 0 bridgehead atoms. The summed E-state index contributed by atoms with van der Waals surface area (Å²) in [5, 5.41) is 13.8. The maximum Gasteiger partial charge on any atom is 0.312 e. The predicted molar refractivity (Wildman–Crippen MR) is 74.8 cm³/mol. The lowest BCUT2D eigenvalue weighted by Crippen LogP contribution is -2.39. The Morgan fingerprint density at radius 2 is 2.15 bits per heavy atom. The van der Waals surface area contributed by atoms with Crippen molar-refractivity contribution in [2.75, 3.05) is 25.0 Å². The van der Waals surface area contributed by atoms with Gasteiger partial charge in [-0.2, -0.15) is 0 Å². The Morgan fingerprint density at radius 3 is 2.80 bits per heavy atom. The molecule has 1 aliphatic rings. The normalized spacial score (nSPS) is 14.9. The first-order valence-corrected chi connectivity index (χ1v) is 6.77. The van der Waals surface area contributed by atoms with Crippen LogP contribution in [0.25, 0.3) is 0 Å². The van der Waals surface area contributed by atoms with Crippen molar-refractivity contribution in [2.45, 2.75) is 19.3 Å². The number of likely N-dealkylation sites (tertiary alicyclic amines) is 1. The molecular weight excluding hydrogens is 284 g/mol. The van der Waals surface area contributed by atoms with Crippen LogP contribution in [0.1, 0.15) is 19.3 Å². The lowest BCUT2D eigenvalue weighted by Gasteiger charge is -2.26. The Morgan fingerprint density at radius 1 is 1.45 bits per heavy atom. The molecule has 1 N–H and O–H groups in total. The number of nitrogens with zero attached hydrogens (tertiary/aromatic N) is 3. The summed E-state index contributed by atoms with van der Waals surface area (Å²) in [6.45, 7) is 1.49. The van der Waals surface area contributed by atoms with Gasteiger partial charge in [-0.1, -0.05) is 11.6 Å². The van der Waals surface area contributed by atoms with E-state index in [1.807, 2.05) is 0 Å². The first-order valence-electron chi connectivity index (χ1n) is 6.39. The van der Waals surface area contributed by atoms with Crippen LogP contribution in [0.5, 0.6) is 0 Å². The number of hydrogen-bond donors (Lipinski definition) is 1. The van der Waals surface area contributed by atoms with E-state index in [1.54, 1.807) is 4.90 Å². The van der Waals surface area contributed by atoms with E-state index in [0.29, 0.717) is 0 Å². The standard InChI is InChI=1S/C12H15ClN4O3/c13-9-6-10(17(19)20)12(14-7-9)15-8-11(18)16-4-2-1-3-5-16/h6-7H,1-5,8H2,(H,14,15). The first kappa shape index (κ1) is 14.5. The zero-order valence-corrected chi connectivity index (χ0v) is 11.6. The minimum Gasteiger partial charge on any atom is -0.355 e. The molecule has 8 heteroatoms. The van der Waals surface area contributed by atoms with E-state index in [0.717, 1.165) is 32.4 Å². The highest BCUT2D eigenvalue weighted by Gasteiger charge is 2.19. The Kier molecular flexibility index (Phi) is 4.73. The minimum atomic E-state index is -0.577. The van der Waals surface area contributed by atoms with Crippen LogP contribution >= 0.6 is 11.6 Å². The second-order valence-corrected chi connectivity index (χ2v) is 5.01. The van der Waals surface area contributed by atoms with E-state index < -0.39 is 4.92 Å². The van der Waals surface area contributed by atoms with Crippen molar-refractivity contribution in [3.05, 3.63) is 27.4 Å². The van der Waals surface area contributed by atoms with Crippen LogP contribution in [0.3, 0.4) is 0 Å². The third-order valence-electron chi connectivity index (χ3n) is 3.15. The smallest absolute Gasteiger partial charge is 0.312 e. The van der Waals surface area contributed by atoms with Gasteiger partial charge in [0, 0.05) is 25.4 Å². The maximum atomic E-state index is 12.0. The molecule has 20 heavy (non-hydrogen) atoms. The van der Waals surface area contributed by atoms with Gasteiger partial charge >= 0.3 is 5.69 Å². The lowest BCUT2D eigenvalue weighted by molar-refractivity contribution is -0.384. The summed E-state index contributed by atoms with van der Waals surface area (Å²) >= 11 is 5.68. The van der Waals surface area contributed by atoms with Crippen molar-refractivity contribution in [3.63, 3.8) is 0 Å². The van der Waals surface area contributed by atoms with Gasteiger partial charge in [0.15, 0.2) is 0 Å². The molecular formula is C12H15ClN4O3. The average Bonchev–Trinajstić information content (AvgIpc) is 2.46. The SMILES string of the molecule is O=C(CNc1ncc(Cl)cc1[N+](=O)[O-])N1CCCCC1.